The van der Waals surface area contributed by atoms with Crippen LogP contribution in [0.3, 0.4) is 0 Å². The summed E-state index contributed by atoms with van der Waals surface area (Å²) < 4.78 is 15.5. The van der Waals surface area contributed by atoms with Gasteiger partial charge in [0, 0.05) is 42.9 Å². The highest BCUT2D eigenvalue weighted by Crippen LogP contribution is 2.54. The summed E-state index contributed by atoms with van der Waals surface area (Å²) in [6.07, 6.45) is 4.85. The zero-order chi connectivity index (χ0) is 15.1. The van der Waals surface area contributed by atoms with Crippen LogP contribution in [0.15, 0.2) is 12.3 Å². The lowest BCUT2D eigenvalue weighted by molar-refractivity contribution is -0.140. The Labute approximate surface area is 126 Å². The standard InChI is InChI=1S/C16H25FN4/c1-4-16(17)9-13(5-7-15(16)10-21(3)11-15)20-14-18-8-6-12(2)19-14/h6,8,13H,4-5,7,9-11H2,1-3H3,(H,18,19,20). The molecule has 21 heavy (non-hydrogen) atoms. The first-order valence-corrected chi connectivity index (χ1v) is 7.90. The van der Waals surface area contributed by atoms with E-state index in [-0.39, 0.29) is 11.5 Å². The third-order valence-corrected chi connectivity index (χ3v) is 5.33. The summed E-state index contributed by atoms with van der Waals surface area (Å²) in [7, 11) is 2.08. The van der Waals surface area contributed by atoms with Crippen molar-refractivity contribution in [2.45, 2.75) is 51.2 Å². The van der Waals surface area contributed by atoms with Crippen molar-refractivity contribution in [3.05, 3.63) is 18.0 Å². The van der Waals surface area contributed by atoms with E-state index in [1.165, 1.54) is 0 Å². The predicted molar refractivity (Wildman–Crippen MR) is 82.1 cm³/mol. The lowest BCUT2D eigenvalue weighted by atomic mass is 9.58. The van der Waals surface area contributed by atoms with Crippen LogP contribution in [-0.2, 0) is 0 Å². The summed E-state index contributed by atoms with van der Waals surface area (Å²) in [6.45, 7) is 5.71. The van der Waals surface area contributed by atoms with E-state index in [0.29, 0.717) is 18.8 Å². The van der Waals surface area contributed by atoms with Gasteiger partial charge in [0.05, 0.1) is 0 Å². The first kappa shape index (κ1) is 14.7. The third-order valence-electron chi connectivity index (χ3n) is 5.33. The lowest BCUT2D eigenvalue weighted by Crippen LogP contribution is -2.67. The first-order valence-electron chi connectivity index (χ1n) is 7.90. The molecule has 1 saturated carbocycles. The summed E-state index contributed by atoms with van der Waals surface area (Å²) in [5.74, 6) is 0.625. The minimum atomic E-state index is -1.07. The van der Waals surface area contributed by atoms with Crippen LogP contribution in [0.5, 0.6) is 0 Å². The Morgan fingerprint density at radius 1 is 1.48 bits per heavy atom. The number of aromatic nitrogens is 2. The van der Waals surface area contributed by atoms with Crippen LogP contribution in [0.2, 0.25) is 0 Å². The Bertz CT molecular complexity index is 515. The van der Waals surface area contributed by atoms with Gasteiger partial charge in [-0.25, -0.2) is 14.4 Å². The van der Waals surface area contributed by atoms with Crippen molar-refractivity contribution in [3.63, 3.8) is 0 Å². The van der Waals surface area contributed by atoms with Crippen LogP contribution < -0.4 is 5.32 Å². The fraction of sp³-hybridized carbons (Fsp3) is 0.750. The van der Waals surface area contributed by atoms with Crippen LogP contribution in [0.25, 0.3) is 0 Å². The van der Waals surface area contributed by atoms with Crippen LogP contribution in [-0.4, -0.2) is 46.7 Å². The van der Waals surface area contributed by atoms with E-state index in [1.807, 2.05) is 19.9 Å². The van der Waals surface area contributed by atoms with Crippen LogP contribution in [0.1, 0.15) is 38.3 Å². The topological polar surface area (TPSA) is 41.1 Å². The van der Waals surface area contributed by atoms with Gasteiger partial charge < -0.3 is 10.2 Å². The maximum absolute atomic E-state index is 15.5. The molecule has 2 aliphatic rings. The first-order chi connectivity index (χ1) is 9.96. The zero-order valence-electron chi connectivity index (χ0n) is 13.2. The van der Waals surface area contributed by atoms with Gasteiger partial charge in [-0.15, -0.1) is 0 Å². The number of alkyl halides is 1. The van der Waals surface area contributed by atoms with Gasteiger partial charge in [0.1, 0.15) is 5.67 Å². The lowest BCUT2D eigenvalue weighted by Gasteiger charge is -2.59. The number of hydrogen-bond donors (Lipinski definition) is 1. The van der Waals surface area contributed by atoms with Crippen molar-refractivity contribution < 1.29 is 4.39 Å². The van der Waals surface area contributed by atoms with Gasteiger partial charge in [0.25, 0.3) is 0 Å². The molecule has 2 heterocycles. The van der Waals surface area contributed by atoms with Gasteiger partial charge in [0.2, 0.25) is 5.95 Å². The van der Waals surface area contributed by atoms with Crippen molar-refractivity contribution in [1.29, 1.82) is 0 Å². The van der Waals surface area contributed by atoms with E-state index >= 15 is 4.39 Å². The van der Waals surface area contributed by atoms with E-state index < -0.39 is 5.67 Å². The SMILES string of the molecule is CCC1(F)CC(Nc2nccc(C)n2)CCC12CN(C)C2. The highest BCUT2D eigenvalue weighted by Gasteiger charge is 2.59. The van der Waals surface area contributed by atoms with Gasteiger partial charge in [-0.1, -0.05) is 6.92 Å². The van der Waals surface area contributed by atoms with E-state index in [1.54, 1.807) is 6.20 Å². The Morgan fingerprint density at radius 2 is 2.24 bits per heavy atom. The Morgan fingerprint density at radius 3 is 2.86 bits per heavy atom. The molecule has 4 nitrogen and oxygen atoms in total. The van der Waals surface area contributed by atoms with Crippen molar-refractivity contribution in [1.82, 2.24) is 14.9 Å². The monoisotopic (exact) mass is 292 g/mol. The van der Waals surface area contributed by atoms with Gasteiger partial charge in [-0.2, -0.15) is 0 Å². The van der Waals surface area contributed by atoms with Gasteiger partial charge in [0.15, 0.2) is 0 Å². The summed E-state index contributed by atoms with van der Waals surface area (Å²) in [5.41, 5.74) is -0.260. The molecule has 0 bridgehead atoms. The predicted octanol–water partition coefficient (Wildman–Crippen LogP) is 2.80. The fourth-order valence-electron chi connectivity index (χ4n) is 4.16. The maximum Gasteiger partial charge on any atom is 0.223 e. The molecule has 1 aliphatic heterocycles. The summed E-state index contributed by atoms with van der Waals surface area (Å²) in [6, 6.07) is 2.00. The van der Waals surface area contributed by atoms with Crippen LogP contribution in [0, 0.1) is 12.3 Å². The average Bonchev–Trinajstić information content (AvgIpc) is 2.41. The zero-order valence-corrected chi connectivity index (χ0v) is 13.2. The molecule has 1 aliphatic carbocycles. The highest BCUT2D eigenvalue weighted by molar-refractivity contribution is 5.28. The Kier molecular flexibility index (Phi) is 3.64. The van der Waals surface area contributed by atoms with Gasteiger partial charge in [-0.3, -0.25) is 0 Å². The molecule has 1 N–H and O–H groups in total. The minimum Gasteiger partial charge on any atom is -0.351 e. The van der Waals surface area contributed by atoms with Crippen molar-refractivity contribution in [3.8, 4) is 0 Å². The van der Waals surface area contributed by atoms with Crippen LogP contribution in [0.4, 0.5) is 10.3 Å². The molecular formula is C16H25FN4. The van der Waals surface area contributed by atoms with E-state index in [0.717, 1.165) is 31.6 Å². The average molecular weight is 292 g/mol. The number of anilines is 1. The molecule has 1 aromatic heterocycles. The molecule has 5 heteroatoms. The third kappa shape index (κ3) is 2.52. The number of nitrogens with zero attached hydrogens (tertiary/aromatic N) is 3. The molecule has 0 radical (unpaired) electrons. The Hall–Kier alpha value is -1.23. The van der Waals surface area contributed by atoms with E-state index in [9.17, 15) is 0 Å². The molecule has 0 amide bonds. The van der Waals surface area contributed by atoms with Crippen molar-refractivity contribution >= 4 is 5.95 Å². The Balaban J connectivity index is 1.71. The number of halogens is 1. The fourth-order valence-corrected chi connectivity index (χ4v) is 4.16. The van der Waals surface area contributed by atoms with Gasteiger partial charge in [-0.05, 0) is 39.3 Å². The number of hydrogen-bond acceptors (Lipinski definition) is 4. The van der Waals surface area contributed by atoms with Crippen molar-refractivity contribution in [2.24, 2.45) is 5.41 Å². The molecule has 1 aromatic rings. The second kappa shape index (κ2) is 5.20. The summed E-state index contributed by atoms with van der Waals surface area (Å²) >= 11 is 0. The molecule has 1 saturated heterocycles. The normalized spacial score (nSPS) is 31.9. The van der Waals surface area contributed by atoms with Gasteiger partial charge >= 0.3 is 0 Å². The van der Waals surface area contributed by atoms with E-state index in [2.05, 4.69) is 27.2 Å². The molecule has 3 rings (SSSR count). The molecular weight excluding hydrogens is 267 g/mol. The smallest absolute Gasteiger partial charge is 0.223 e. The molecule has 2 atom stereocenters. The highest BCUT2D eigenvalue weighted by atomic mass is 19.1. The minimum absolute atomic E-state index is 0.123. The summed E-state index contributed by atoms with van der Waals surface area (Å²) in [4.78, 5) is 10.8. The summed E-state index contributed by atoms with van der Waals surface area (Å²) in [5, 5.41) is 3.33. The molecule has 116 valence electrons. The molecule has 2 fully saturated rings. The number of nitrogens with one attached hydrogen (secondary N) is 1. The maximum atomic E-state index is 15.5. The van der Waals surface area contributed by atoms with Crippen LogP contribution >= 0.6 is 0 Å². The molecule has 0 aromatic carbocycles. The number of rotatable bonds is 3. The van der Waals surface area contributed by atoms with Crippen molar-refractivity contribution in [2.75, 3.05) is 25.5 Å². The van der Waals surface area contributed by atoms with E-state index in [4.69, 9.17) is 0 Å². The largest absolute Gasteiger partial charge is 0.351 e. The number of likely N-dealkylation sites (tertiary alicyclic amines) is 1. The quantitative estimate of drug-likeness (QED) is 0.930. The molecule has 1 spiro atoms. The molecule has 2 unspecified atom stereocenters. The second-order valence-corrected chi connectivity index (χ2v) is 6.88. The number of aryl methyl sites for hydroxylation is 1. The second-order valence-electron chi connectivity index (χ2n) is 6.88.